The summed E-state index contributed by atoms with van der Waals surface area (Å²) in [6.45, 7) is 5.21. The third-order valence-electron chi connectivity index (χ3n) is 3.09. The van der Waals surface area contributed by atoms with Crippen LogP contribution in [0.25, 0.3) is 0 Å². The Labute approximate surface area is 109 Å². The summed E-state index contributed by atoms with van der Waals surface area (Å²) in [5.74, 6) is 0.0576. The maximum absolute atomic E-state index is 11.9. The number of hydrogen-bond acceptors (Lipinski definition) is 3. The van der Waals surface area contributed by atoms with Crippen LogP contribution in [-0.4, -0.2) is 25.5 Å². The van der Waals surface area contributed by atoms with Gasteiger partial charge in [-0.15, -0.1) is 0 Å². The van der Waals surface area contributed by atoms with Crippen molar-refractivity contribution in [1.29, 1.82) is 0 Å². The van der Waals surface area contributed by atoms with E-state index in [0.29, 0.717) is 6.54 Å². The molecule has 0 heterocycles. The summed E-state index contributed by atoms with van der Waals surface area (Å²) >= 11 is 0. The van der Waals surface area contributed by atoms with Gasteiger partial charge in [-0.1, -0.05) is 19.1 Å². The van der Waals surface area contributed by atoms with Crippen molar-refractivity contribution < 1.29 is 4.79 Å². The van der Waals surface area contributed by atoms with Crippen molar-refractivity contribution in [3.8, 4) is 0 Å². The first kappa shape index (κ1) is 14.5. The Morgan fingerprint density at radius 1 is 1.39 bits per heavy atom. The van der Waals surface area contributed by atoms with E-state index in [1.54, 1.807) is 0 Å². The number of likely N-dealkylation sites (N-methyl/N-ethyl adjacent to an activating group) is 1. The van der Waals surface area contributed by atoms with Crippen LogP contribution in [0.4, 0.5) is 5.69 Å². The van der Waals surface area contributed by atoms with Crippen molar-refractivity contribution in [3.63, 3.8) is 0 Å². The zero-order valence-corrected chi connectivity index (χ0v) is 11.4. The third kappa shape index (κ3) is 3.74. The van der Waals surface area contributed by atoms with Gasteiger partial charge in [-0.3, -0.25) is 4.79 Å². The van der Waals surface area contributed by atoms with E-state index < -0.39 is 0 Å². The summed E-state index contributed by atoms with van der Waals surface area (Å²) in [5.41, 5.74) is 7.67. The summed E-state index contributed by atoms with van der Waals surface area (Å²) in [7, 11) is 1.92. The van der Waals surface area contributed by atoms with Crippen LogP contribution < -0.4 is 16.0 Å². The first-order chi connectivity index (χ1) is 8.60. The van der Waals surface area contributed by atoms with E-state index in [4.69, 9.17) is 5.73 Å². The summed E-state index contributed by atoms with van der Waals surface area (Å²) in [4.78, 5) is 13.8. The van der Waals surface area contributed by atoms with Gasteiger partial charge in [0.25, 0.3) is 0 Å². The van der Waals surface area contributed by atoms with Crippen molar-refractivity contribution in [2.24, 2.45) is 5.73 Å². The zero-order chi connectivity index (χ0) is 13.5. The largest absolute Gasteiger partial charge is 0.363 e. The van der Waals surface area contributed by atoms with Crippen LogP contribution in [0.5, 0.6) is 0 Å². The Bertz CT molecular complexity index is 375. The van der Waals surface area contributed by atoms with E-state index in [2.05, 4.69) is 5.32 Å². The van der Waals surface area contributed by atoms with Crippen LogP contribution in [0.2, 0.25) is 0 Å². The lowest BCUT2D eigenvalue weighted by atomic mass is 10.1. The molecule has 0 spiro atoms. The Morgan fingerprint density at radius 3 is 2.50 bits per heavy atom. The summed E-state index contributed by atoms with van der Waals surface area (Å²) in [6, 6.07) is 7.78. The van der Waals surface area contributed by atoms with Gasteiger partial charge in [0, 0.05) is 25.8 Å². The van der Waals surface area contributed by atoms with Crippen molar-refractivity contribution in [3.05, 3.63) is 29.8 Å². The van der Waals surface area contributed by atoms with E-state index in [0.717, 1.165) is 24.2 Å². The summed E-state index contributed by atoms with van der Waals surface area (Å²) in [5, 5.41) is 2.90. The highest BCUT2D eigenvalue weighted by atomic mass is 16.2. The molecule has 1 aromatic rings. The molecule has 0 aliphatic rings. The first-order valence-electron chi connectivity index (χ1n) is 6.39. The number of rotatable bonds is 6. The second kappa shape index (κ2) is 7.01. The number of carbonyl (C=O) groups is 1. The highest BCUT2D eigenvalue weighted by molar-refractivity contribution is 5.84. The lowest BCUT2D eigenvalue weighted by Crippen LogP contribution is -2.43. The standard InChI is InChI=1S/C14H23N3O/c1-4-9-16-14(18)11(2)17(3)13-7-5-12(10-15)6-8-13/h5-8,11H,4,9-10,15H2,1-3H3,(H,16,18). The molecule has 0 aliphatic carbocycles. The molecule has 0 saturated heterocycles. The molecular formula is C14H23N3O. The monoisotopic (exact) mass is 249 g/mol. The second-order valence-electron chi connectivity index (χ2n) is 4.45. The average Bonchev–Trinajstić information content (AvgIpc) is 2.43. The molecule has 0 aliphatic heterocycles. The smallest absolute Gasteiger partial charge is 0.242 e. The van der Waals surface area contributed by atoms with Crippen LogP contribution in [0.1, 0.15) is 25.8 Å². The molecule has 1 amide bonds. The number of nitrogens with one attached hydrogen (secondary N) is 1. The Kier molecular flexibility index (Phi) is 5.65. The maximum atomic E-state index is 11.9. The Hall–Kier alpha value is -1.55. The number of carbonyl (C=O) groups excluding carboxylic acids is 1. The minimum Gasteiger partial charge on any atom is -0.363 e. The number of nitrogens with two attached hydrogens (primary N) is 1. The SMILES string of the molecule is CCCNC(=O)C(C)N(C)c1ccc(CN)cc1. The number of hydrogen-bond donors (Lipinski definition) is 2. The molecule has 4 nitrogen and oxygen atoms in total. The van der Waals surface area contributed by atoms with E-state index in [1.807, 2.05) is 50.1 Å². The predicted octanol–water partition coefficient (Wildman–Crippen LogP) is 1.50. The fraction of sp³-hybridized carbons (Fsp3) is 0.500. The molecule has 1 rings (SSSR count). The molecule has 0 radical (unpaired) electrons. The van der Waals surface area contributed by atoms with Crippen molar-refractivity contribution in [2.75, 3.05) is 18.5 Å². The first-order valence-corrected chi connectivity index (χ1v) is 6.39. The van der Waals surface area contributed by atoms with E-state index in [-0.39, 0.29) is 11.9 Å². The number of benzene rings is 1. The van der Waals surface area contributed by atoms with Gasteiger partial charge >= 0.3 is 0 Å². The fourth-order valence-electron chi connectivity index (χ4n) is 1.66. The normalized spacial score (nSPS) is 12.0. The van der Waals surface area contributed by atoms with Crippen LogP contribution in [0, 0.1) is 0 Å². The fourth-order valence-corrected chi connectivity index (χ4v) is 1.66. The molecule has 18 heavy (non-hydrogen) atoms. The molecule has 0 aromatic heterocycles. The van der Waals surface area contributed by atoms with Gasteiger partial charge in [0.1, 0.15) is 6.04 Å². The van der Waals surface area contributed by atoms with Crippen molar-refractivity contribution >= 4 is 11.6 Å². The maximum Gasteiger partial charge on any atom is 0.242 e. The number of amides is 1. The molecular weight excluding hydrogens is 226 g/mol. The van der Waals surface area contributed by atoms with E-state index in [9.17, 15) is 4.79 Å². The minimum atomic E-state index is -0.180. The summed E-state index contributed by atoms with van der Waals surface area (Å²) < 4.78 is 0. The zero-order valence-electron chi connectivity index (χ0n) is 11.4. The molecule has 0 fully saturated rings. The van der Waals surface area contributed by atoms with Crippen LogP contribution in [0.3, 0.4) is 0 Å². The minimum absolute atomic E-state index is 0.0576. The second-order valence-corrected chi connectivity index (χ2v) is 4.45. The Balaban J connectivity index is 2.66. The topological polar surface area (TPSA) is 58.4 Å². The predicted molar refractivity (Wildman–Crippen MR) is 75.5 cm³/mol. The van der Waals surface area contributed by atoms with Crippen molar-refractivity contribution in [1.82, 2.24) is 5.32 Å². The molecule has 0 bridgehead atoms. The van der Waals surface area contributed by atoms with Gasteiger partial charge in [0.2, 0.25) is 5.91 Å². The third-order valence-corrected chi connectivity index (χ3v) is 3.09. The highest BCUT2D eigenvalue weighted by Gasteiger charge is 2.17. The average molecular weight is 249 g/mol. The molecule has 100 valence electrons. The Morgan fingerprint density at radius 2 is 2.00 bits per heavy atom. The molecule has 1 atom stereocenters. The lowest BCUT2D eigenvalue weighted by molar-refractivity contribution is -0.121. The molecule has 1 unspecified atom stereocenters. The van der Waals surface area contributed by atoms with E-state index >= 15 is 0 Å². The van der Waals surface area contributed by atoms with Crippen LogP contribution >= 0.6 is 0 Å². The quantitative estimate of drug-likeness (QED) is 0.803. The van der Waals surface area contributed by atoms with Gasteiger partial charge < -0.3 is 16.0 Å². The van der Waals surface area contributed by atoms with Crippen LogP contribution in [0.15, 0.2) is 24.3 Å². The summed E-state index contributed by atoms with van der Waals surface area (Å²) in [6.07, 6.45) is 0.952. The molecule has 1 aromatic carbocycles. The van der Waals surface area contributed by atoms with E-state index in [1.165, 1.54) is 0 Å². The van der Waals surface area contributed by atoms with Gasteiger partial charge in [0.05, 0.1) is 0 Å². The van der Waals surface area contributed by atoms with Gasteiger partial charge in [-0.25, -0.2) is 0 Å². The number of anilines is 1. The highest BCUT2D eigenvalue weighted by Crippen LogP contribution is 2.16. The molecule has 3 N–H and O–H groups in total. The van der Waals surface area contributed by atoms with Gasteiger partial charge in [-0.2, -0.15) is 0 Å². The van der Waals surface area contributed by atoms with Crippen LogP contribution in [-0.2, 0) is 11.3 Å². The molecule has 0 saturated carbocycles. The molecule has 4 heteroatoms. The number of nitrogens with zero attached hydrogens (tertiary/aromatic N) is 1. The van der Waals surface area contributed by atoms with Gasteiger partial charge in [-0.05, 0) is 31.0 Å². The lowest BCUT2D eigenvalue weighted by Gasteiger charge is -2.26. The van der Waals surface area contributed by atoms with Gasteiger partial charge in [0.15, 0.2) is 0 Å². The van der Waals surface area contributed by atoms with Crippen molar-refractivity contribution in [2.45, 2.75) is 32.9 Å².